The van der Waals surface area contributed by atoms with Crippen molar-refractivity contribution in [2.45, 2.75) is 26.6 Å². The predicted molar refractivity (Wildman–Crippen MR) is 79.7 cm³/mol. The molecule has 2 rings (SSSR count). The fraction of sp³-hybridized carbons (Fsp3) is 0.467. The maximum atomic E-state index is 13.7. The molecule has 0 unspecified atom stereocenters. The van der Waals surface area contributed by atoms with Gasteiger partial charge in [0.05, 0.1) is 11.5 Å². The van der Waals surface area contributed by atoms with E-state index in [0.29, 0.717) is 6.08 Å². The Morgan fingerprint density at radius 2 is 1.85 bits per heavy atom. The number of carbonyl (C=O) groups is 1. The fourth-order valence-electron chi connectivity index (χ4n) is 2.58. The average Bonchev–Trinajstić information content (AvgIpc) is 3.04. The molecule has 11 heteroatoms. The zero-order chi connectivity index (χ0) is 20.0. The van der Waals surface area contributed by atoms with E-state index in [2.05, 4.69) is 4.98 Å². The van der Waals surface area contributed by atoms with Gasteiger partial charge in [0.2, 0.25) is 0 Å². The van der Waals surface area contributed by atoms with Gasteiger partial charge in [-0.05, 0) is 11.3 Å². The normalized spacial score (nSPS) is 22.3. The molecule has 0 aliphatic heterocycles. The third-order valence-electron chi connectivity index (χ3n) is 4.21. The van der Waals surface area contributed by atoms with Gasteiger partial charge in [-0.25, -0.2) is 13.8 Å². The van der Waals surface area contributed by atoms with Crippen LogP contribution in [0.3, 0.4) is 0 Å². The summed E-state index contributed by atoms with van der Waals surface area (Å²) < 4.78 is 82.6. The van der Waals surface area contributed by atoms with Crippen molar-refractivity contribution in [1.29, 1.82) is 0 Å². The van der Waals surface area contributed by atoms with Crippen LogP contribution in [0.2, 0.25) is 5.15 Å². The molecule has 0 aromatic carbocycles. The van der Waals surface area contributed by atoms with E-state index >= 15 is 0 Å². The van der Waals surface area contributed by atoms with Crippen molar-refractivity contribution in [3.05, 3.63) is 39.4 Å². The van der Waals surface area contributed by atoms with Gasteiger partial charge in [-0.1, -0.05) is 43.1 Å². The highest BCUT2D eigenvalue weighted by Gasteiger charge is 2.62. The zero-order valence-corrected chi connectivity index (χ0v) is 14.7. The minimum absolute atomic E-state index is 0.692. The standard InChI is InChI=1S/C15H11Cl2F6NO2/c1-14(2)6(3-7(16)15(21,22)23)8(14)13(25)26-4-5-9(18)11(17)24-12(20)10(5)19/h3,6,8H,4H2,1-2H3/t6-,8-/m1/s1. The highest BCUT2D eigenvalue weighted by Crippen LogP contribution is 2.60. The number of rotatable bonds is 4. The maximum Gasteiger partial charge on any atom is 0.426 e. The van der Waals surface area contributed by atoms with Crippen molar-refractivity contribution in [3.8, 4) is 0 Å². The number of carbonyl (C=O) groups excluding carboxylic acids is 1. The van der Waals surface area contributed by atoms with Crippen molar-refractivity contribution in [2.24, 2.45) is 17.3 Å². The molecule has 0 radical (unpaired) electrons. The second-order valence-corrected chi connectivity index (χ2v) is 7.01. The summed E-state index contributed by atoms with van der Waals surface area (Å²) in [7, 11) is 0. The maximum absolute atomic E-state index is 13.7. The van der Waals surface area contributed by atoms with Gasteiger partial charge in [-0.3, -0.25) is 4.79 Å². The fourth-order valence-corrected chi connectivity index (χ4v) is 2.90. The minimum Gasteiger partial charge on any atom is -0.460 e. The molecule has 144 valence electrons. The van der Waals surface area contributed by atoms with E-state index in [-0.39, 0.29) is 0 Å². The molecule has 1 aliphatic rings. The molecule has 1 saturated carbocycles. The first-order valence-electron chi connectivity index (χ1n) is 7.08. The molecular weight excluding hydrogens is 411 g/mol. The molecule has 2 atom stereocenters. The Hall–Kier alpha value is -1.48. The molecule has 1 fully saturated rings. The van der Waals surface area contributed by atoms with Crippen LogP contribution in [-0.2, 0) is 16.1 Å². The van der Waals surface area contributed by atoms with Crippen LogP contribution < -0.4 is 0 Å². The number of ether oxygens (including phenoxy) is 1. The number of hydrogen-bond acceptors (Lipinski definition) is 3. The van der Waals surface area contributed by atoms with Gasteiger partial charge in [0.15, 0.2) is 16.8 Å². The molecule has 26 heavy (non-hydrogen) atoms. The van der Waals surface area contributed by atoms with Gasteiger partial charge < -0.3 is 4.74 Å². The first-order chi connectivity index (χ1) is 11.8. The van der Waals surface area contributed by atoms with E-state index in [0.717, 1.165) is 0 Å². The van der Waals surface area contributed by atoms with Gasteiger partial charge in [0.1, 0.15) is 11.6 Å². The second kappa shape index (κ2) is 6.92. The number of alkyl halides is 3. The van der Waals surface area contributed by atoms with Gasteiger partial charge >= 0.3 is 12.1 Å². The lowest BCUT2D eigenvalue weighted by molar-refractivity contribution is -0.147. The lowest BCUT2D eigenvalue weighted by atomic mass is 10.1. The highest BCUT2D eigenvalue weighted by molar-refractivity contribution is 6.30. The van der Waals surface area contributed by atoms with Gasteiger partial charge in [-0.15, -0.1) is 0 Å². The first-order valence-corrected chi connectivity index (χ1v) is 7.84. The molecule has 0 amide bonds. The van der Waals surface area contributed by atoms with Crippen LogP contribution in [0.4, 0.5) is 26.3 Å². The van der Waals surface area contributed by atoms with Crippen LogP contribution in [-0.4, -0.2) is 17.1 Å². The van der Waals surface area contributed by atoms with Crippen LogP contribution in [0.25, 0.3) is 0 Å². The highest BCUT2D eigenvalue weighted by atomic mass is 35.5. The lowest BCUT2D eigenvalue weighted by Gasteiger charge is -2.08. The zero-order valence-electron chi connectivity index (χ0n) is 13.2. The Bertz CT molecular complexity index is 752. The van der Waals surface area contributed by atoms with Crippen LogP contribution in [0.1, 0.15) is 19.4 Å². The number of allylic oxidation sites excluding steroid dienone is 2. The second-order valence-electron chi connectivity index (χ2n) is 6.24. The van der Waals surface area contributed by atoms with Crippen molar-refractivity contribution in [3.63, 3.8) is 0 Å². The summed E-state index contributed by atoms with van der Waals surface area (Å²) in [5, 5.41) is -2.33. The number of hydrogen-bond donors (Lipinski definition) is 0. The molecular formula is C15H11Cl2F6NO2. The number of halogens is 8. The van der Waals surface area contributed by atoms with Crippen molar-refractivity contribution < 1.29 is 35.9 Å². The van der Waals surface area contributed by atoms with E-state index < -0.39 is 69.3 Å². The molecule has 1 aliphatic carbocycles. The van der Waals surface area contributed by atoms with Crippen LogP contribution in [0.15, 0.2) is 11.1 Å². The van der Waals surface area contributed by atoms with Gasteiger partial charge in [-0.2, -0.15) is 17.6 Å². The van der Waals surface area contributed by atoms with Crippen LogP contribution in [0.5, 0.6) is 0 Å². The topological polar surface area (TPSA) is 39.2 Å². The quantitative estimate of drug-likeness (QED) is 0.383. The number of esters is 1. The summed E-state index contributed by atoms with van der Waals surface area (Å²) in [6, 6.07) is 0. The summed E-state index contributed by atoms with van der Waals surface area (Å²) in [4.78, 5) is 14.8. The first kappa shape index (κ1) is 20.8. The third kappa shape index (κ3) is 3.93. The van der Waals surface area contributed by atoms with Gasteiger partial charge in [0.25, 0.3) is 5.95 Å². The van der Waals surface area contributed by atoms with Crippen molar-refractivity contribution >= 4 is 29.2 Å². The lowest BCUT2D eigenvalue weighted by Crippen LogP contribution is -2.13. The van der Waals surface area contributed by atoms with E-state index in [1.807, 2.05) is 0 Å². The molecule has 0 spiro atoms. The molecule has 0 N–H and O–H groups in total. The van der Waals surface area contributed by atoms with Crippen molar-refractivity contribution in [1.82, 2.24) is 4.98 Å². The number of nitrogens with zero attached hydrogens (tertiary/aromatic N) is 1. The molecule has 0 saturated heterocycles. The Kier molecular flexibility index (Phi) is 5.54. The largest absolute Gasteiger partial charge is 0.460 e. The van der Waals surface area contributed by atoms with E-state index in [9.17, 15) is 31.1 Å². The van der Waals surface area contributed by atoms with Crippen molar-refractivity contribution in [2.75, 3.05) is 0 Å². The predicted octanol–water partition coefficient (Wildman–Crippen LogP) is 5.15. The van der Waals surface area contributed by atoms with Crippen LogP contribution in [0, 0.1) is 34.8 Å². The Morgan fingerprint density at radius 3 is 2.38 bits per heavy atom. The molecule has 1 aromatic rings. The molecule has 3 nitrogen and oxygen atoms in total. The van der Waals surface area contributed by atoms with E-state index in [1.54, 1.807) is 0 Å². The molecule has 0 bridgehead atoms. The SMILES string of the molecule is CC1(C)[C@H](C=C(Cl)C(F)(F)F)[C@@H]1C(=O)OCc1c(F)c(F)nc(Cl)c1F. The molecule has 1 heterocycles. The van der Waals surface area contributed by atoms with Gasteiger partial charge in [0, 0.05) is 0 Å². The summed E-state index contributed by atoms with van der Waals surface area (Å²) in [5.41, 5.74) is -1.85. The number of pyridine rings is 1. The Balaban J connectivity index is 2.13. The Labute approximate surface area is 153 Å². The minimum atomic E-state index is -4.76. The van der Waals surface area contributed by atoms with Crippen LogP contribution >= 0.6 is 23.2 Å². The summed E-state index contributed by atoms with van der Waals surface area (Å²) in [6.07, 6.45) is -4.07. The Morgan fingerprint density at radius 1 is 1.27 bits per heavy atom. The molecule has 1 aromatic heterocycles. The smallest absolute Gasteiger partial charge is 0.426 e. The average molecular weight is 422 g/mol. The third-order valence-corrected chi connectivity index (χ3v) is 4.80. The summed E-state index contributed by atoms with van der Waals surface area (Å²) in [5.74, 6) is -7.64. The monoisotopic (exact) mass is 421 g/mol. The van der Waals surface area contributed by atoms with E-state index in [1.165, 1.54) is 13.8 Å². The summed E-state index contributed by atoms with van der Waals surface area (Å²) in [6.45, 7) is 2.02. The summed E-state index contributed by atoms with van der Waals surface area (Å²) >= 11 is 10.4. The van der Waals surface area contributed by atoms with E-state index in [4.69, 9.17) is 27.9 Å². The number of aromatic nitrogens is 1.